The van der Waals surface area contributed by atoms with Crippen molar-refractivity contribution in [2.45, 2.75) is 33.7 Å². The molecule has 0 bridgehead atoms. The molecule has 0 radical (unpaired) electrons. The number of nitrogens with zero attached hydrogens (tertiary/aromatic N) is 1. The van der Waals surface area contributed by atoms with E-state index in [1.165, 1.54) is 0 Å². The maximum atomic E-state index is 12.1. The Kier molecular flexibility index (Phi) is 5.92. The number of nitrogens with one attached hydrogen (secondary N) is 2. The van der Waals surface area contributed by atoms with Crippen LogP contribution in [-0.4, -0.2) is 49.6 Å². The van der Waals surface area contributed by atoms with E-state index < -0.39 is 0 Å². The molecule has 4 heteroatoms. The van der Waals surface area contributed by atoms with E-state index in [9.17, 15) is 4.79 Å². The first-order valence-corrected chi connectivity index (χ1v) is 6.81. The fourth-order valence-electron chi connectivity index (χ4n) is 2.43. The van der Waals surface area contributed by atoms with Crippen LogP contribution in [-0.2, 0) is 4.79 Å². The first-order valence-electron chi connectivity index (χ1n) is 6.81. The highest BCUT2D eigenvalue weighted by Gasteiger charge is 2.30. The van der Waals surface area contributed by atoms with Gasteiger partial charge in [0.1, 0.15) is 0 Å². The maximum absolute atomic E-state index is 12.1. The van der Waals surface area contributed by atoms with Crippen molar-refractivity contribution in [1.29, 1.82) is 0 Å². The fourth-order valence-corrected chi connectivity index (χ4v) is 2.43. The second-order valence-electron chi connectivity index (χ2n) is 5.14. The van der Waals surface area contributed by atoms with Gasteiger partial charge < -0.3 is 15.5 Å². The molecule has 1 unspecified atom stereocenters. The monoisotopic (exact) mass is 241 g/mol. The fraction of sp³-hybridized carbons (Fsp3) is 0.923. The molecule has 100 valence electrons. The summed E-state index contributed by atoms with van der Waals surface area (Å²) in [6.45, 7) is 13.3. The molecule has 1 rings (SSSR count). The van der Waals surface area contributed by atoms with Crippen molar-refractivity contribution >= 4 is 5.91 Å². The minimum absolute atomic E-state index is 0.147. The summed E-state index contributed by atoms with van der Waals surface area (Å²) in [5, 5.41) is 6.40. The highest BCUT2D eigenvalue weighted by atomic mass is 16.2. The Bertz CT molecular complexity index is 241. The molecule has 0 spiro atoms. The average Bonchev–Trinajstić information content (AvgIpc) is 2.72. The quantitative estimate of drug-likeness (QED) is 0.719. The summed E-state index contributed by atoms with van der Waals surface area (Å²) >= 11 is 0. The number of rotatable bonds is 6. The number of hydrogen-bond donors (Lipinski definition) is 2. The van der Waals surface area contributed by atoms with Gasteiger partial charge in [0.05, 0.1) is 5.92 Å². The second kappa shape index (κ2) is 6.97. The van der Waals surface area contributed by atoms with Crippen molar-refractivity contribution in [3.63, 3.8) is 0 Å². The van der Waals surface area contributed by atoms with E-state index in [-0.39, 0.29) is 17.9 Å². The summed E-state index contributed by atoms with van der Waals surface area (Å²) in [6, 6.07) is 0.232. The Labute approximate surface area is 105 Å². The SMILES string of the molecule is CCN(CC)CC(C)NC(=O)[C@@H]1CNC[C@H]1C. The molecule has 1 aliphatic heterocycles. The third kappa shape index (κ3) is 4.28. The van der Waals surface area contributed by atoms with Gasteiger partial charge in [-0.2, -0.15) is 0 Å². The molecule has 0 saturated carbocycles. The van der Waals surface area contributed by atoms with Gasteiger partial charge in [0.15, 0.2) is 0 Å². The highest BCUT2D eigenvalue weighted by molar-refractivity contribution is 5.79. The third-order valence-corrected chi connectivity index (χ3v) is 3.67. The molecule has 3 atom stereocenters. The zero-order chi connectivity index (χ0) is 12.8. The summed E-state index contributed by atoms with van der Waals surface area (Å²) in [5.74, 6) is 0.812. The van der Waals surface area contributed by atoms with E-state index in [1.54, 1.807) is 0 Å². The van der Waals surface area contributed by atoms with Gasteiger partial charge in [0.2, 0.25) is 5.91 Å². The van der Waals surface area contributed by atoms with Crippen molar-refractivity contribution < 1.29 is 4.79 Å². The molecule has 1 amide bonds. The van der Waals surface area contributed by atoms with Crippen LogP contribution in [0.5, 0.6) is 0 Å². The molecule has 4 nitrogen and oxygen atoms in total. The summed E-state index contributed by atoms with van der Waals surface area (Å²) in [5.41, 5.74) is 0. The van der Waals surface area contributed by atoms with Crippen LogP contribution < -0.4 is 10.6 Å². The first kappa shape index (κ1) is 14.5. The van der Waals surface area contributed by atoms with E-state index in [2.05, 4.69) is 43.2 Å². The maximum Gasteiger partial charge on any atom is 0.224 e. The van der Waals surface area contributed by atoms with Gasteiger partial charge in [-0.1, -0.05) is 20.8 Å². The lowest BCUT2D eigenvalue weighted by Crippen LogP contribution is -2.45. The van der Waals surface area contributed by atoms with Crippen molar-refractivity contribution in [3.8, 4) is 0 Å². The van der Waals surface area contributed by atoms with Crippen LogP contribution in [0.15, 0.2) is 0 Å². The minimum atomic E-state index is 0.147. The van der Waals surface area contributed by atoms with Crippen LogP contribution in [0, 0.1) is 11.8 Å². The summed E-state index contributed by atoms with van der Waals surface area (Å²) in [7, 11) is 0. The smallest absolute Gasteiger partial charge is 0.224 e. The molecule has 1 fully saturated rings. The largest absolute Gasteiger partial charge is 0.352 e. The molecule has 2 N–H and O–H groups in total. The molecule has 0 aliphatic carbocycles. The topological polar surface area (TPSA) is 44.4 Å². The van der Waals surface area contributed by atoms with Crippen LogP contribution in [0.3, 0.4) is 0 Å². The number of carbonyl (C=O) groups is 1. The Morgan fingerprint density at radius 2 is 2.06 bits per heavy atom. The zero-order valence-electron chi connectivity index (χ0n) is 11.6. The first-order chi connectivity index (χ1) is 8.08. The third-order valence-electron chi connectivity index (χ3n) is 3.67. The van der Waals surface area contributed by atoms with E-state index in [4.69, 9.17) is 0 Å². The molecular formula is C13H27N3O. The Hall–Kier alpha value is -0.610. The van der Waals surface area contributed by atoms with E-state index in [0.717, 1.165) is 32.7 Å². The molecule has 0 aromatic rings. The second-order valence-corrected chi connectivity index (χ2v) is 5.14. The lowest BCUT2D eigenvalue weighted by molar-refractivity contribution is -0.126. The Balaban J connectivity index is 2.34. The molecule has 1 saturated heterocycles. The van der Waals surface area contributed by atoms with Gasteiger partial charge in [-0.3, -0.25) is 4.79 Å². The van der Waals surface area contributed by atoms with Crippen molar-refractivity contribution in [2.75, 3.05) is 32.7 Å². The minimum Gasteiger partial charge on any atom is -0.352 e. The Morgan fingerprint density at radius 1 is 1.41 bits per heavy atom. The van der Waals surface area contributed by atoms with Crippen LogP contribution >= 0.6 is 0 Å². The van der Waals surface area contributed by atoms with Gasteiger partial charge in [-0.15, -0.1) is 0 Å². The van der Waals surface area contributed by atoms with Crippen LogP contribution in [0.2, 0.25) is 0 Å². The molecule has 1 heterocycles. The van der Waals surface area contributed by atoms with Gasteiger partial charge in [0, 0.05) is 19.1 Å². The number of likely N-dealkylation sites (N-methyl/N-ethyl adjacent to an activating group) is 1. The van der Waals surface area contributed by atoms with Crippen molar-refractivity contribution in [2.24, 2.45) is 11.8 Å². The predicted molar refractivity (Wildman–Crippen MR) is 70.9 cm³/mol. The average molecular weight is 241 g/mol. The van der Waals surface area contributed by atoms with Crippen LogP contribution in [0.4, 0.5) is 0 Å². The van der Waals surface area contributed by atoms with E-state index >= 15 is 0 Å². The Morgan fingerprint density at radius 3 is 2.53 bits per heavy atom. The summed E-state index contributed by atoms with van der Waals surface area (Å²) < 4.78 is 0. The van der Waals surface area contributed by atoms with Crippen molar-refractivity contribution in [1.82, 2.24) is 15.5 Å². The zero-order valence-corrected chi connectivity index (χ0v) is 11.6. The van der Waals surface area contributed by atoms with Gasteiger partial charge in [0.25, 0.3) is 0 Å². The summed E-state index contributed by atoms with van der Waals surface area (Å²) in [6.07, 6.45) is 0. The van der Waals surface area contributed by atoms with Crippen LogP contribution in [0.25, 0.3) is 0 Å². The standard InChI is InChI=1S/C13H27N3O/c1-5-16(6-2)9-11(4)15-13(17)12-8-14-7-10(12)3/h10-12,14H,5-9H2,1-4H3,(H,15,17)/t10-,11?,12-/m1/s1. The normalized spacial score (nSPS) is 26.2. The predicted octanol–water partition coefficient (Wildman–Crippen LogP) is 0.688. The van der Waals surface area contributed by atoms with Gasteiger partial charge >= 0.3 is 0 Å². The lowest BCUT2D eigenvalue weighted by Gasteiger charge is -2.25. The van der Waals surface area contributed by atoms with Crippen LogP contribution in [0.1, 0.15) is 27.7 Å². The van der Waals surface area contributed by atoms with Gasteiger partial charge in [-0.25, -0.2) is 0 Å². The van der Waals surface area contributed by atoms with Crippen molar-refractivity contribution in [3.05, 3.63) is 0 Å². The van der Waals surface area contributed by atoms with Gasteiger partial charge in [-0.05, 0) is 32.5 Å². The molecule has 0 aromatic heterocycles. The summed E-state index contributed by atoms with van der Waals surface area (Å²) in [4.78, 5) is 14.4. The lowest BCUT2D eigenvalue weighted by atomic mass is 9.97. The number of amides is 1. The van der Waals surface area contributed by atoms with E-state index in [1.807, 2.05) is 0 Å². The number of carbonyl (C=O) groups excluding carboxylic acids is 1. The highest BCUT2D eigenvalue weighted by Crippen LogP contribution is 2.15. The molecule has 0 aromatic carbocycles. The van der Waals surface area contributed by atoms with E-state index in [0.29, 0.717) is 5.92 Å². The molecule has 1 aliphatic rings. The number of hydrogen-bond acceptors (Lipinski definition) is 3. The molecule has 17 heavy (non-hydrogen) atoms. The molecular weight excluding hydrogens is 214 g/mol.